The van der Waals surface area contributed by atoms with Gasteiger partial charge in [-0.25, -0.2) is 4.79 Å². The molecule has 1 aromatic rings. The Balaban J connectivity index is 1.79. The maximum Gasteiger partial charge on any atom is 0.342 e. The second-order valence-corrected chi connectivity index (χ2v) is 8.29. The number of hydrogen-bond donors (Lipinski definition) is 0. The summed E-state index contributed by atoms with van der Waals surface area (Å²) in [5, 5.41) is 0. The summed E-state index contributed by atoms with van der Waals surface area (Å²) in [6.45, 7) is 5.90. The summed E-state index contributed by atoms with van der Waals surface area (Å²) >= 11 is 0. The zero-order valence-electron chi connectivity index (χ0n) is 14.5. The first-order valence-corrected chi connectivity index (χ1v) is 8.91. The van der Waals surface area contributed by atoms with Gasteiger partial charge in [0.1, 0.15) is 23.7 Å². The molecule has 25 heavy (non-hydrogen) atoms. The largest absolute Gasteiger partial charge is 0.460 e. The minimum absolute atomic E-state index is 0.00384. The number of allylic oxidation sites excluding steroid dienone is 1. The Labute approximate surface area is 145 Å². The number of esters is 1. The van der Waals surface area contributed by atoms with E-state index in [1.54, 1.807) is 0 Å². The van der Waals surface area contributed by atoms with E-state index < -0.39 is 16.8 Å². The molecule has 1 fully saturated rings. The Bertz CT molecular complexity index is 890. The van der Waals surface area contributed by atoms with Crippen LogP contribution in [0.5, 0.6) is 0 Å². The fourth-order valence-corrected chi connectivity index (χ4v) is 5.69. The molecule has 0 bridgehead atoms. The molecule has 3 aliphatic carbocycles. The van der Waals surface area contributed by atoms with Crippen LogP contribution in [0.3, 0.4) is 0 Å². The normalized spacial score (nSPS) is 41.6. The predicted molar refractivity (Wildman–Crippen MR) is 87.3 cm³/mol. The Morgan fingerprint density at radius 2 is 1.96 bits per heavy atom. The second-order valence-electron chi connectivity index (χ2n) is 8.29. The molecule has 0 aromatic carbocycles. The van der Waals surface area contributed by atoms with E-state index >= 15 is 0 Å². The quantitative estimate of drug-likeness (QED) is 0.535. The number of fused-ring (bicyclic) bond motifs is 4. The first kappa shape index (κ1) is 15.1. The molecule has 5 nitrogen and oxygen atoms in total. The molecule has 1 unspecified atom stereocenters. The standard InChI is InChI=1S/C20H20O5/c1-9-20(3)12-6-7-19(2)11(4-5-13(19)21)14(12)16(22)17-15(20)10(8-24-17)18(23)25-9/h6,8-9,11,14H,4-5,7H2,1-3H3/t9-,11?,14+,19+,20-/m1/s1. The van der Waals surface area contributed by atoms with E-state index in [1.807, 2.05) is 20.8 Å². The van der Waals surface area contributed by atoms with Gasteiger partial charge in [-0.3, -0.25) is 9.59 Å². The van der Waals surface area contributed by atoms with Crippen molar-refractivity contribution >= 4 is 17.5 Å². The van der Waals surface area contributed by atoms with Gasteiger partial charge in [0.25, 0.3) is 0 Å². The molecular weight excluding hydrogens is 320 g/mol. The lowest BCUT2D eigenvalue weighted by molar-refractivity contribution is -0.126. The lowest BCUT2D eigenvalue weighted by atomic mass is 9.52. The van der Waals surface area contributed by atoms with Crippen molar-refractivity contribution in [2.75, 3.05) is 0 Å². The minimum atomic E-state index is -0.572. The number of rotatable bonds is 0. The van der Waals surface area contributed by atoms with Crippen molar-refractivity contribution < 1.29 is 23.5 Å². The number of furan rings is 1. The van der Waals surface area contributed by atoms with E-state index in [4.69, 9.17) is 9.15 Å². The summed E-state index contributed by atoms with van der Waals surface area (Å²) < 4.78 is 11.2. The average molecular weight is 340 g/mol. The van der Waals surface area contributed by atoms with Gasteiger partial charge in [0.15, 0.2) is 5.76 Å². The van der Waals surface area contributed by atoms with Crippen molar-refractivity contribution in [1.29, 1.82) is 0 Å². The number of ether oxygens (including phenoxy) is 1. The monoisotopic (exact) mass is 340 g/mol. The molecule has 0 amide bonds. The SMILES string of the molecule is C[C@H]1OC(=O)c2coc3c2[C@@]1(C)C1=CC[C@]2(C)C(=O)CCC2[C@@H]1C3=O. The zero-order chi connectivity index (χ0) is 17.7. The van der Waals surface area contributed by atoms with Crippen molar-refractivity contribution in [1.82, 2.24) is 0 Å². The van der Waals surface area contributed by atoms with Crippen LogP contribution >= 0.6 is 0 Å². The van der Waals surface area contributed by atoms with E-state index in [0.29, 0.717) is 24.0 Å². The highest BCUT2D eigenvalue weighted by Crippen LogP contribution is 2.61. The van der Waals surface area contributed by atoms with Crippen molar-refractivity contribution in [3.8, 4) is 0 Å². The first-order chi connectivity index (χ1) is 11.8. The zero-order valence-corrected chi connectivity index (χ0v) is 14.5. The van der Waals surface area contributed by atoms with Crippen molar-refractivity contribution in [2.24, 2.45) is 17.3 Å². The van der Waals surface area contributed by atoms with Gasteiger partial charge in [0.2, 0.25) is 5.78 Å². The smallest absolute Gasteiger partial charge is 0.342 e. The molecule has 0 N–H and O–H groups in total. The molecule has 130 valence electrons. The molecule has 4 aliphatic rings. The number of ketones is 2. The number of Topliss-reactive ketones (excluding diaryl/α,β-unsaturated/α-hetero) is 2. The van der Waals surface area contributed by atoms with Gasteiger partial charge in [-0.05, 0) is 38.2 Å². The average Bonchev–Trinajstić information content (AvgIpc) is 3.14. The summed E-state index contributed by atoms with van der Waals surface area (Å²) in [5.41, 5.74) is 0.999. The van der Waals surface area contributed by atoms with Gasteiger partial charge in [-0.2, -0.15) is 0 Å². The molecule has 2 heterocycles. The molecule has 0 radical (unpaired) electrons. The lowest BCUT2D eigenvalue weighted by Gasteiger charge is -2.51. The highest BCUT2D eigenvalue weighted by molar-refractivity contribution is 6.07. The van der Waals surface area contributed by atoms with Crippen LogP contribution in [-0.4, -0.2) is 23.6 Å². The Morgan fingerprint density at radius 1 is 1.20 bits per heavy atom. The van der Waals surface area contributed by atoms with Crippen LogP contribution < -0.4 is 0 Å². The van der Waals surface area contributed by atoms with E-state index in [2.05, 4.69) is 6.08 Å². The highest BCUT2D eigenvalue weighted by atomic mass is 16.5. The summed E-state index contributed by atoms with van der Waals surface area (Å²) in [4.78, 5) is 38.0. The van der Waals surface area contributed by atoms with Gasteiger partial charge in [0, 0.05) is 17.4 Å². The second kappa shape index (κ2) is 4.32. The maximum atomic E-state index is 13.3. The van der Waals surface area contributed by atoms with Gasteiger partial charge in [0.05, 0.1) is 11.3 Å². The van der Waals surface area contributed by atoms with Gasteiger partial charge in [-0.15, -0.1) is 0 Å². The predicted octanol–water partition coefficient (Wildman–Crippen LogP) is 3.22. The van der Waals surface area contributed by atoms with Crippen LogP contribution in [-0.2, 0) is 14.9 Å². The first-order valence-electron chi connectivity index (χ1n) is 8.91. The Hall–Kier alpha value is -2.17. The van der Waals surface area contributed by atoms with Gasteiger partial charge in [-0.1, -0.05) is 13.0 Å². The van der Waals surface area contributed by atoms with E-state index in [0.717, 1.165) is 12.0 Å². The van der Waals surface area contributed by atoms with Crippen LogP contribution in [0, 0.1) is 17.3 Å². The topological polar surface area (TPSA) is 73.6 Å². The molecule has 1 aliphatic heterocycles. The maximum absolute atomic E-state index is 13.3. The molecule has 1 aromatic heterocycles. The third-order valence-corrected chi connectivity index (χ3v) is 7.35. The van der Waals surface area contributed by atoms with Crippen LogP contribution in [0.4, 0.5) is 0 Å². The lowest BCUT2D eigenvalue weighted by Crippen LogP contribution is -2.54. The highest BCUT2D eigenvalue weighted by Gasteiger charge is 2.62. The van der Waals surface area contributed by atoms with E-state index in [1.165, 1.54) is 6.26 Å². The van der Waals surface area contributed by atoms with E-state index in [-0.39, 0.29) is 35.3 Å². The summed E-state index contributed by atoms with van der Waals surface area (Å²) in [6.07, 6.45) is 4.95. The number of hydrogen-bond acceptors (Lipinski definition) is 5. The molecule has 5 atom stereocenters. The molecule has 5 heteroatoms. The summed E-state index contributed by atoms with van der Waals surface area (Å²) in [6, 6.07) is 0. The summed E-state index contributed by atoms with van der Waals surface area (Å²) in [7, 11) is 0. The third kappa shape index (κ3) is 1.49. The van der Waals surface area contributed by atoms with Crippen molar-refractivity contribution in [3.05, 3.63) is 34.8 Å². The van der Waals surface area contributed by atoms with Crippen LogP contribution in [0.2, 0.25) is 0 Å². The molecular formula is C20H20O5. The van der Waals surface area contributed by atoms with Crippen LogP contribution in [0.25, 0.3) is 0 Å². The van der Waals surface area contributed by atoms with E-state index in [9.17, 15) is 14.4 Å². The molecule has 1 saturated carbocycles. The van der Waals surface area contributed by atoms with Gasteiger partial charge < -0.3 is 9.15 Å². The number of carbonyl (C=O) groups is 3. The fraction of sp³-hybridized carbons (Fsp3) is 0.550. The van der Waals surface area contributed by atoms with Crippen LogP contribution in [0.15, 0.2) is 22.3 Å². The molecule has 0 spiro atoms. The third-order valence-electron chi connectivity index (χ3n) is 7.35. The summed E-state index contributed by atoms with van der Waals surface area (Å²) in [5.74, 6) is -0.348. The molecule has 5 rings (SSSR count). The Morgan fingerprint density at radius 3 is 2.72 bits per heavy atom. The van der Waals surface area contributed by atoms with Crippen molar-refractivity contribution in [3.63, 3.8) is 0 Å². The Kier molecular flexibility index (Phi) is 2.61. The number of carbonyl (C=O) groups excluding carboxylic acids is 3. The number of cyclic esters (lactones) is 1. The minimum Gasteiger partial charge on any atom is -0.460 e. The fourth-order valence-electron chi connectivity index (χ4n) is 5.69. The van der Waals surface area contributed by atoms with Gasteiger partial charge >= 0.3 is 5.97 Å². The molecule has 0 saturated heterocycles. The van der Waals surface area contributed by atoms with Crippen LogP contribution in [0.1, 0.15) is 66.5 Å². The van der Waals surface area contributed by atoms with Crippen molar-refractivity contribution in [2.45, 2.75) is 51.6 Å².